The van der Waals surface area contributed by atoms with E-state index in [1.54, 1.807) is 6.07 Å². The molecule has 1 aromatic rings. The van der Waals surface area contributed by atoms with Gasteiger partial charge in [0.2, 0.25) is 0 Å². The Morgan fingerprint density at radius 2 is 2.15 bits per heavy atom. The fraction of sp³-hybridized carbons (Fsp3) is 0.600. The van der Waals surface area contributed by atoms with Crippen molar-refractivity contribution in [3.8, 4) is 0 Å². The molecule has 1 aromatic heterocycles. The highest BCUT2D eigenvalue weighted by atomic mass is 35.5. The highest BCUT2D eigenvalue weighted by molar-refractivity contribution is 6.33. The smallest absolute Gasteiger partial charge is 0.337 e. The van der Waals surface area contributed by atoms with Crippen LogP contribution < -0.4 is 4.90 Å². The first kappa shape index (κ1) is 15.1. The van der Waals surface area contributed by atoms with Crippen LogP contribution in [0.5, 0.6) is 0 Å². The van der Waals surface area contributed by atoms with E-state index in [-0.39, 0.29) is 10.6 Å². The summed E-state index contributed by atoms with van der Waals surface area (Å²) in [5.41, 5.74) is 0.128. The van der Waals surface area contributed by atoms with Gasteiger partial charge in [0, 0.05) is 18.8 Å². The van der Waals surface area contributed by atoms with Crippen LogP contribution in [-0.4, -0.2) is 28.6 Å². The van der Waals surface area contributed by atoms with Crippen molar-refractivity contribution in [2.45, 2.75) is 45.6 Å². The van der Waals surface area contributed by atoms with E-state index in [2.05, 4.69) is 23.7 Å². The summed E-state index contributed by atoms with van der Waals surface area (Å²) in [4.78, 5) is 17.8. The van der Waals surface area contributed by atoms with Crippen LogP contribution in [0.1, 0.15) is 49.9 Å². The third kappa shape index (κ3) is 3.42. The predicted molar refractivity (Wildman–Crippen MR) is 80.6 cm³/mol. The second-order valence-electron chi connectivity index (χ2n) is 5.81. The van der Waals surface area contributed by atoms with E-state index >= 15 is 0 Å². The minimum Gasteiger partial charge on any atom is -0.478 e. The molecule has 20 heavy (non-hydrogen) atoms. The lowest BCUT2D eigenvalue weighted by Gasteiger charge is -2.32. The highest BCUT2D eigenvalue weighted by Gasteiger charge is 2.25. The summed E-state index contributed by atoms with van der Waals surface area (Å²) in [7, 11) is 0. The minimum atomic E-state index is -1.01. The number of halogens is 1. The minimum absolute atomic E-state index is 0.128. The largest absolute Gasteiger partial charge is 0.478 e. The van der Waals surface area contributed by atoms with Crippen molar-refractivity contribution >= 4 is 23.4 Å². The first-order chi connectivity index (χ1) is 9.49. The van der Waals surface area contributed by atoms with E-state index in [4.69, 9.17) is 11.6 Å². The maximum atomic E-state index is 11.2. The Bertz CT molecular complexity index is 485. The van der Waals surface area contributed by atoms with E-state index in [0.717, 1.165) is 25.2 Å². The summed E-state index contributed by atoms with van der Waals surface area (Å²) in [5, 5.41) is 9.38. The van der Waals surface area contributed by atoms with Crippen LogP contribution >= 0.6 is 11.6 Å². The third-order valence-electron chi connectivity index (χ3n) is 3.69. The van der Waals surface area contributed by atoms with Crippen LogP contribution in [0.25, 0.3) is 0 Å². The SMILES string of the molecule is CC(C)CN(c1cc(C(=O)O)c(Cl)cn1)C1CCCC1. The second-order valence-corrected chi connectivity index (χ2v) is 6.22. The number of carboxylic acids is 1. The maximum absolute atomic E-state index is 11.2. The monoisotopic (exact) mass is 296 g/mol. The van der Waals surface area contributed by atoms with Gasteiger partial charge in [-0.3, -0.25) is 0 Å². The van der Waals surface area contributed by atoms with Gasteiger partial charge in [0.25, 0.3) is 0 Å². The van der Waals surface area contributed by atoms with E-state index in [0.29, 0.717) is 12.0 Å². The summed E-state index contributed by atoms with van der Waals surface area (Å²) in [6, 6.07) is 2.07. The Kier molecular flexibility index (Phi) is 4.86. The molecule has 4 nitrogen and oxygen atoms in total. The van der Waals surface area contributed by atoms with Gasteiger partial charge in [0.05, 0.1) is 10.6 Å². The van der Waals surface area contributed by atoms with Crippen LogP contribution in [0.3, 0.4) is 0 Å². The molecule has 1 saturated carbocycles. The molecule has 0 bridgehead atoms. The first-order valence-corrected chi connectivity index (χ1v) is 7.52. The van der Waals surface area contributed by atoms with Gasteiger partial charge >= 0.3 is 5.97 Å². The van der Waals surface area contributed by atoms with Gasteiger partial charge in [-0.05, 0) is 24.8 Å². The van der Waals surface area contributed by atoms with Crippen LogP contribution in [0, 0.1) is 5.92 Å². The molecule has 110 valence electrons. The van der Waals surface area contributed by atoms with E-state index in [1.807, 2.05) is 0 Å². The Labute approximate surface area is 124 Å². The molecule has 1 N–H and O–H groups in total. The van der Waals surface area contributed by atoms with Crippen molar-refractivity contribution in [2.75, 3.05) is 11.4 Å². The lowest BCUT2D eigenvalue weighted by molar-refractivity contribution is 0.0697. The predicted octanol–water partition coefficient (Wildman–Crippen LogP) is 3.84. The number of carboxylic acid groups (broad SMARTS) is 1. The lowest BCUT2D eigenvalue weighted by Crippen LogP contribution is -2.37. The van der Waals surface area contributed by atoms with Crippen LogP contribution in [0.15, 0.2) is 12.3 Å². The van der Waals surface area contributed by atoms with Crippen molar-refractivity contribution in [1.82, 2.24) is 4.98 Å². The normalized spacial score (nSPS) is 15.8. The fourth-order valence-corrected chi connectivity index (χ4v) is 2.97. The van der Waals surface area contributed by atoms with Crippen molar-refractivity contribution in [3.05, 3.63) is 22.8 Å². The number of hydrogen-bond donors (Lipinski definition) is 1. The molecule has 1 heterocycles. The molecule has 5 heteroatoms. The molecule has 1 fully saturated rings. The van der Waals surface area contributed by atoms with Crippen molar-refractivity contribution < 1.29 is 9.90 Å². The van der Waals surface area contributed by atoms with Crippen LogP contribution in [0.2, 0.25) is 5.02 Å². The number of pyridine rings is 1. The van der Waals surface area contributed by atoms with Crippen molar-refractivity contribution in [1.29, 1.82) is 0 Å². The van der Waals surface area contributed by atoms with Gasteiger partial charge in [-0.25, -0.2) is 9.78 Å². The number of rotatable bonds is 5. The van der Waals surface area contributed by atoms with Gasteiger partial charge in [-0.2, -0.15) is 0 Å². The molecule has 1 aliphatic carbocycles. The number of aromatic carboxylic acids is 1. The Morgan fingerprint density at radius 1 is 1.50 bits per heavy atom. The average Bonchev–Trinajstić information content (AvgIpc) is 2.90. The summed E-state index contributed by atoms with van der Waals surface area (Å²) < 4.78 is 0. The molecular formula is C15H21ClN2O2. The zero-order valence-corrected chi connectivity index (χ0v) is 12.7. The molecule has 0 radical (unpaired) electrons. The summed E-state index contributed by atoms with van der Waals surface area (Å²) in [6.07, 6.45) is 6.22. The van der Waals surface area contributed by atoms with Crippen LogP contribution in [0.4, 0.5) is 5.82 Å². The molecular weight excluding hydrogens is 276 g/mol. The number of anilines is 1. The maximum Gasteiger partial charge on any atom is 0.337 e. The zero-order valence-electron chi connectivity index (χ0n) is 12.0. The fourth-order valence-electron chi connectivity index (χ4n) is 2.79. The average molecular weight is 297 g/mol. The molecule has 1 aliphatic rings. The number of aromatic nitrogens is 1. The molecule has 0 saturated heterocycles. The molecule has 0 unspecified atom stereocenters. The number of hydrogen-bond acceptors (Lipinski definition) is 3. The molecule has 0 atom stereocenters. The van der Waals surface area contributed by atoms with E-state index < -0.39 is 5.97 Å². The number of carbonyl (C=O) groups is 1. The third-order valence-corrected chi connectivity index (χ3v) is 3.99. The Balaban J connectivity index is 2.32. The van der Waals surface area contributed by atoms with Crippen molar-refractivity contribution in [3.63, 3.8) is 0 Å². The summed E-state index contributed by atoms with van der Waals surface area (Å²) >= 11 is 5.90. The van der Waals surface area contributed by atoms with Gasteiger partial charge in [0.1, 0.15) is 5.82 Å². The lowest BCUT2D eigenvalue weighted by atomic mass is 10.1. The van der Waals surface area contributed by atoms with E-state index in [9.17, 15) is 9.90 Å². The zero-order chi connectivity index (χ0) is 14.7. The Morgan fingerprint density at radius 3 is 2.70 bits per heavy atom. The van der Waals surface area contributed by atoms with Gasteiger partial charge in [0.15, 0.2) is 0 Å². The van der Waals surface area contributed by atoms with Crippen LogP contribution in [-0.2, 0) is 0 Å². The summed E-state index contributed by atoms with van der Waals surface area (Å²) in [5.74, 6) is 0.225. The topological polar surface area (TPSA) is 53.4 Å². The molecule has 0 aliphatic heterocycles. The van der Waals surface area contributed by atoms with Gasteiger partial charge in [-0.1, -0.05) is 38.3 Å². The molecule has 0 spiro atoms. The van der Waals surface area contributed by atoms with Gasteiger partial charge < -0.3 is 10.0 Å². The highest BCUT2D eigenvalue weighted by Crippen LogP contribution is 2.29. The molecule has 0 amide bonds. The van der Waals surface area contributed by atoms with E-state index in [1.165, 1.54) is 19.0 Å². The Hall–Kier alpha value is -1.29. The standard InChI is InChI=1S/C15H21ClN2O2/c1-10(2)9-18(11-5-3-4-6-11)14-7-12(15(19)20)13(16)8-17-14/h7-8,10-11H,3-6,9H2,1-2H3,(H,19,20). The second kappa shape index (κ2) is 6.44. The summed E-state index contributed by atoms with van der Waals surface area (Å²) in [6.45, 7) is 5.21. The molecule has 2 rings (SSSR count). The number of nitrogens with zero attached hydrogens (tertiary/aromatic N) is 2. The first-order valence-electron chi connectivity index (χ1n) is 7.14. The van der Waals surface area contributed by atoms with Crippen molar-refractivity contribution in [2.24, 2.45) is 5.92 Å². The quantitative estimate of drug-likeness (QED) is 0.897. The molecule has 0 aromatic carbocycles. The van der Waals surface area contributed by atoms with Gasteiger partial charge in [-0.15, -0.1) is 0 Å².